The molecule has 0 unspecified atom stereocenters. The Hall–Kier alpha value is -3.36. The Morgan fingerprint density at radius 3 is 2.77 bits per heavy atom. The van der Waals surface area contributed by atoms with Gasteiger partial charge in [-0.1, -0.05) is 6.07 Å². The van der Waals surface area contributed by atoms with Crippen LogP contribution < -0.4 is 4.74 Å². The first-order chi connectivity index (χ1) is 14.4. The van der Waals surface area contributed by atoms with Crippen molar-refractivity contribution in [3.8, 4) is 5.75 Å². The molecule has 1 aliphatic rings. The molecule has 0 aliphatic carbocycles. The Balaban J connectivity index is 1.52. The summed E-state index contributed by atoms with van der Waals surface area (Å²) in [4.78, 5) is 39.9. The quantitative estimate of drug-likeness (QED) is 0.641. The molecule has 160 valence electrons. The average Bonchev–Trinajstić information content (AvgIpc) is 3.43. The lowest BCUT2D eigenvalue weighted by molar-refractivity contribution is -0.155. The van der Waals surface area contributed by atoms with E-state index < -0.39 is 30.3 Å². The Labute approximate surface area is 173 Å². The monoisotopic (exact) mass is 418 g/mol. The Morgan fingerprint density at radius 2 is 2.10 bits per heavy atom. The number of ether oxygens (including phenoxy) is 2. The zero-order valence-corrected chi connectivity index (χ0v) is 16.8. The van der Waals surface area contributed by atoms with Gasteiger partial charge in [0.25, 0.3) is 11.8 Å². The van der Waals surface area contributed by atoms with E-state index in [1.807, 2.05) is 0 Å². The van der Waals surface area contributed by atoms with Gasteiger partial charge in [-0.05, 0) is 42.7 Å². The van der Waals surface area contributed by atoms with Gasteiger partial charge in [-0.25, -0.2) is 9.18 Å². The van der Waals surface area contributed by atoms with Gasteiger partial charge < -0.3 is 23.7 Å². The fourth-order valence-corrected chi connectivity index (χ4v) is 3.31. The Bertz CT molecular complexity index is 914. The van der Waals surface area contributed by atoms with Crippen LogP contribution in [0.25, 0.3) is 0 Å². The molecule has 0 radical (unpaired) electrons. The number of hydrogen-bond acceptors (Lipinski definition) is 6. The van der Waals surface area contributed by atoms with Gasteiger partial charge in [-0.3, -0.25) is 9.59 Å². The van der Waals surface area contributed by atoms with E-state index >= 15 is 0 Å². The van der Waals surface area contributed by atoms with E-state index in [0.717, 1.165) is 0 Å². The zero-order valence-electron chi connectivity index (χ0n) is 16.8. The predicted octanol–water partition coefficient (Wildman–Crippen LogP) is 2.23. The van der Waals surface area contributed by atoms with E-state index in [4.69, 9.17) is 13.9 Å². The van der Waals surface area contributed by atoms with Gasteiger partial charge in [0.05, 0.1) is 13.4 Å². The fourth-order valence-electron chi connectivity index (χ4n) is 3.31. The second-order valence-electron chi connectivity index (χ2n) is 6.96. The van der Waals surface area contributed by atoms with E-state index in [1.54, 1.807) is 12.1 Å². The topological polar surface area (TPSA) is 89.3 Å². The minimum atomic E-state index is -0.753. The first kappa shape index (κ1) is 21.4. The van der Waals surface area contributed by atoms with Crippen molar-refractivity contribution >= 4 is 17.8 Å². The first-order valence-corrected chi connectivity index (χ1v) is 9.48. The molecule has 0 spiro atoms. The third-order valence-corrected chi connectivity index (χ3v) is 4.92. The largest absolute Gasteiger partial charge is 0.494 e. The maximum Gasteiger partial charge on any atom is 0.329 e. The van der Waals surface area contributed by atoms with Gasteiger partial charge in [0, 0.05) is 20.1 Å². The molecule has 30 heavy (non-hydrogen) atoms. The van der Waals surface area contributed by atoms with Crippen molar-refractivity contribution in [1.29, 1.82) is 0 Å². The van der Waals surface area contributed by atoms with Crippen LogP contribution in [0.1, 0.15) is 29.0 Å². The van der Waals surface area contributed by atoms with E-state index in [2.05, 4.69) is 0 Å². The van der Waals surface area contributed by atoms with E-state index in [9.17, 15) is 18.8 Å². The van der Waals surface area contributed by atoms with Crippen LogP contribution in [-0.2, 0) is 20.9 Å². The molecule has 1 fully saturated rings. The lowest BCUT2D eigenvalue weighted by Gasteiger charge is -2.23. The summed E-state index contributed by atoms with van der Waals surface area (Å²) in [5.41, 5.74) is 0.571. The first-order valence-electron chi connectivity index (χ1n) is 9.48. The molecule has 0 saturated carbocycles. The Kier molecular flexibility index (Phi) is 6.71. The number of carbonyl (C=O) groups is 3. The van der Waals surface area contributed by atoms with Gasteiger partial charge in [0.1, 0.15) is 6.04 Å². The molecule has 1 aliphatic heterocycles. The van der Waals surface area contributed by atoms with Gasteiger partial charge in [0.2, 0.25) is 0 Å². The maximum atomic E-state index is 13.8. The smallest absolute Gasteiger partial charge is 0.329 e. The number of amides is 2. The van der Waals surface area contributed by atoms with Crippen molar-refractivity contribution in [2.24, 2.45) is 0 Å². The fraction of sp³-hybridized carbons (Fsp3) is 0.381. The molecule has 0 N–H and O–H groups in total. The molecule has 3 rings (SSSR count). The summed E-state index contributed by atoms with van der Waals surface area (Å²) in [7, 11) is 2.90. The molecule has 9 heteroatoms. The zero-order chi connectivity index (χ0) is 21.7. The SMILES string of the molecule is COc1ccc(CN(C)C(=O)COC(=O)[C@@H]2CCCN2C(=O)c2ccco2)cc1F. The number of rotatable bonds is 7. The minimum Gasteiger partial charge on any atom is -0.494 e. The van der Waals surface area contributed by atoms with Gasteiger partial charge in [-0.2, -0.15) is 0 Å². The average molecular weight is 418 g/mol. The summed E-state index contributed by atoms with van der Waals surface area (Å²) < 4.78 is 28.9. The third kappa shape index (κ3) is 4.79. The summed E-state index contributed by atoms with van der Waals surface area (Å²) in [5.74, 6) is -1.72. The molecule has 0 bridgehead atoms. The van der Waals surface area contributed by atoms with Crippen molar-refractivity contribution < 1.29 is 32.7 Å². The summed E-state index contributed by atoms with van der Waals surface area (Å²) >= 11 is 0. The lowest BCUT2D eigenvalue weighted by Crippen LogP contribution is -2.42. The van der Waals surface area contributed by atoms with Crippen LogP contribution in [0, 0.1) is 5.82 Å². The molecule has 1 aromatic heterocycles. The molecule has 2 amide bonds. The highest BCUT2D eigenvalue weighted by atomic mass is 19.1. The van der Waals surface area contributed by atoms with Crippen LogP contribution in [0.5, 0.6) is 5.75 Å². The second-order valence-corrected chi connectivity index (χ2v) is 6.96. The number of benzene rings is 1. The lowest BCUT2D eigenvalue weighted by atomic mass is 10.2. The van der Waals surface area contributed by atoms with Crippen LogP contribution in [0.4, 0.5) is 4.39 Å². The van der Waals surface area contributed by atoms with Crippen molar-refractivity contribution in [2.45, 2.75) is 25.4 Å². The number of esters is 1. The summed E-state index contributed by atoms with van der Waals surface area (Å²) in [6.45, 7) is 0.0905. The summed E-state index contributed by atoms with van der Waals surface area (Å²) in [5, 5.41) is 0. The van der Waals surface area contributed by atoms with Crippen LogP contribution in [0.2, 0.25) is 0 Å². The van der Waals surface area contributed by atoms with Crippen LogP contribution in [-0.4, -0.2) is 60.9 Å². The van der Waals surface area contributed by atoms with Crippen LogP contribution in [0.3, 0.4) is 0 Å². The number of hydrogen-bond donors (Lipinski definition) is 0. The molecule has 8 nitrogen and oxygen atoms in total. The summed E-state index contributed by atoms with van der Waals surface area (Å²) in [6, 6.07) is 6.79. The normalized spacial score (nSPS) is 15.7. The third-order valence-electron chi connectivity index (χ3n) is 4.92. The van der Waals surface area contributed by atoms with Crippen molar-refractivity contribution in [2.75, 3.05) is 27.3 Å². The molecule has 1 saturated heterocycles. The minimum absolute atomic E-state index is 0.117. The Morgan fingerprint density at radius 1 is 1.30 bits per heavy atom. The number of carbonyl (C=O) groups excluding carboxylic acids is 3. The number of likely N-dealkylation sites (tertiary alicyclic amines) is 1. The van der Waals surface area contributed by atoms with Gasteiger partial charge >= 0.3 is 5.97 Å². The molecular weight excluding hydrogens is 395 g/mol. The number of halogens is 1. The predicted molar refractivity (Wildman–Crippen MR) is 103 cm³/mol. The van der Waals surface area contributed by atoms with Gasteiger partial charge in [-0.15, -0.1) is 0 Å². The number of methoxy groups -OCH3 is 1. The van der Waals surface area contributed by atoms with E-state index in [0.29, 0.717) is 24.9 Å². The highest BCUT2D eigenvalue weighted by molar-refractivity contribution is 5.95. The van der Waals surface area contributed by atoms with Crippen molar-refractivity contribution in [3.05, 3.63) is 53.7 Å². The molecule has 2 heterocycles. The van der Waals surface area contributed by atoms with Crippen LogP contribution >= 0.6 is 0 Å². The number of furan rings is 1. The standard InChI is InChI=1S/C21H23FN2O6/c1-23(12-14-7-8-17(28-2)15(22)11-14)19(25)13-30-21(27)16-5-3-9-24(16)20(26)18-6-4-10-29-18/h4,6-8,10-11,16H,3,5,9,12-13H2,1-2H3/t16-/m0/s1. The maximum absolute atomic E-state index is 13.8. The highest BCUT2D eigenvalue weighted by Crippen LogP contribution is 2.22. The molecular formula is C21H23FN2O6. The molecule has 2 aromatic rings. The van der Waals surface area contributed by atoms with Gasteiger partial charge in [0.15, 0.2) is 23.9 Å². The molecule has 1 atom stereocenters. The van der Waals surface area contributed by atoms with E-state index in [1.165, 1.54) is 48.4 Å². The number of likely N-dealkylation sites (N-methyl/N-ethyl adjacent to an activating group) is 1. The van der Waals surface area contributed by atoms with Crippen molar-refractivity contribution in [1.82, 2.24) is 9.80 Å². The number of nitrogens with zero attached hydrogens (tertiary/aromatic N) is 2. The van der Waals surface area contributed by atoms with Crippen LogP contribution in [0.15, 0.2) is 41.0 Å². The second kappa shape index (κ2) is 9.43. The van der Waals surface area contributed by atoms with E-state index in [-0.39, 0.29) is 24.0 Å². The van der Waals surface area contributed by atoms with Crippen molar-refractivity contribution in [3.63, 3.8) is 0 Å². The molecule has 1 aromatic carbocycles. The highest BCUT2D eigenvalue weighted by Gasteiger charge is 2.36. The summed E-state index contributed by atoms with van der Waals surface area (Å²) in [6.07, 6.45) is 2.50.